The summed E-state index contributed by atoms with van der Waals surface area (Å²) in [5.41, 5.74) is 3.13. The molecule has 2 heterocycles. The molecule has 3 aromatic rings. The van der Waals surface area contributed by atoms with E-state index >= 15 is 0 Å². The van der Waals surface area contributed by atoms with Gasteiger partial charge in [0.2, 0.25) is 0 Å². The molecule has 0 unspecified atom stereocenters. The van der Waals surface area contributed by atoms with E-state index in [1.807, 2.05) is 48.7 Å². The van der Waals surface area contributed by atoms with Crippen LogP contribution < -0.4 is 5.11 Å². The summed E-state index contributed by atoms with van der Waals surface area (Å²) >= 11 is 12.4. The first-order valence-corrected chi connectivity index (χ1v) is 10.9. The van der Waals surface area contributed by atoms with Gasteiger partial charge in [0.05, 0.1) is 16.3 Å². The van der Waals surface area contributed by atoms with E-state index < -0.39 is 5.97 Å². The van der Waals surface area contributed by atoms with Gasteiger partial charge in [-0.25, -0.2) is 4.68 Å². The predicted octanol–water partition coefficient (Wildman–Crippen LogP) is 3.53. The third-order valence-corrected chi connectivity index (χ3v) is 6.21. The van der Waals surface area contributed by atoms with Crippen LogP contribution in [0.3, 0.4) is 0 Å². The maximum absolute atomic E-state index is 12.8. The summed E-state index contributed by atoms with van der Waals surface area (Å²) in [6, 6.07) is 16.9. The van der Waals surface area contributed by atoms with Gasteiger partial charge in [0.15, 0.2) is 0 Å². The number of hydrogen-bond donors (Lipinski definition) is 0. The third kappa shape index (κ3) is 4.71. The molecule has 1 fully saturated rings. The summed E-state index contributed by atoms with van der Waals surface area (Å²) < 4.78 is 2.06. The molecule has 1 aromatic heterocycles. The number of thiocarbonyl (C=S) groups is 1. The molecule has 0 saturated carbocycles. The lowest BCUT2D eigenvalue weighted by atomic mass is 10.1. The predicted molar refractivity (Wildman–Crippen MR) is 124 cm³/mol. The number of nitrogens with zero attached hydrogens (tertiary/aromatic N) is 3. The van der Waals surface area contributed by atoms with Crippen molar-refractivity contribution in [2.45, 2.75) is 6.42 Å². The molecule has 1 aliphatic rings. The van der Waals surface area contributed by atoms with Crippen molar-refractivity contribution in [3.05, 3.63) is 76.3 Å². The summed E-state index contributed by atoms with van der Waals surface area (Å²) in [4.78, 5) is 25.3. The van der Waals surface area contributed by atoms with Crippen molar-refractivity contribution >= 4 is 57.9 Å². The van der Waals surface area contributed by atoms with Gasteiger partial charge < -0.3 is 9.90 Å². The van der Waals surface area contributed by atoms with Gasteiger partial charge in [-0.1, -0.05) is 65.9 Å². The second kappa shape index (κ2) is 9.05. The van der Waals surface area contributed by atoms with E-state index in [1.54, 1.807) is 22.9 Å². The Labute approximate surface area is 193 Å². The number of carboxylic acids is 1. The number of carbonyl (C=O) groups is 2. The van der Waals surface area contributed by atoms with Crippen LogP contribution in [0.15, 0.2) is 65.7 Å². The maximum atomic E-state index is 12.8. The van der Waals surface area contributed by atoms with E-state index in [9.17, 15) is 14.7 Å². The van der Waals surface area contributed by atoms with E-state index in [4.69, 9.17) is 28.9 Å². The molecule has 156 valence electrons. The summed E-state index contributed by atoms with van der Waals surface area (Å²) in [5, 5.41) is 16.1. The minimum atomic E-state index is -1.23. The quantitative estimate of drug-likeness (QED) is 0.407. The van der Waals surface area contributed by atoms with Crippen LogP contribution in [-0.4, -0.2) is 37.4 Å². The van der Waals surface area contributed by atoms with Crippen LogP contribution >= 0.6 is 35.6 Å². The van der Waals surface area contributed by atoms with Gasteiger partial charge in [-0.2, -0.15) is 5.10 Å². The fourth-order valence-corrected chi connectivity index (χ4v) is 4.50. The molecule has 1 saturated heterocycles. The van der Waals surface area contributed by atoms with Crippen LogP contribution in [-0.2, 0) is 9.59 Å². The Balaban J connectivity index is 1.74. The highest BCUT2D eigenvalue weighted by Crippen LogP contribution is 2.35. The number of halogens is 1. The average molecular weight is 469 g/mol. The SMILES string of the molecule is O=C([O-])CCN1C(=O)/C(=C/c2cn(-c3ccccc3)nc2-c2ccc(Cl)cc2)SC1=S. The Morgan fingerprint density at radius 2 is 1.87 bits per heavy atom. The molecule has 9 heteroatoms. The summed E-state index contributed by atoms with van der Waals surface area (Å²) in [6.45, 7) is -0.0162. The van der Waals surface area contributed by atoms with Crippen LogP contribution in [0.1, 0.15) is 12.0 Å². The number of amides is 1. The molecule has 0 bridgehead atoms. The third-order valence-electron chi connectivity index (χ3n) is 4.58. The Bertz CT molecular complexity index is 1190. The molecule has 0 spiro atoms. The molecule has 1 amide bonds. The number of para-hydroxylation sites is 1. The number of carboxylic acid groups (broad SMARTS) is 1. The highest BCUT2D eigenvalue weighted by molar-refractivity contribution is 8.26. The highest BCUT2D eigenvalue weighted by atomic mass is 35.5. The van der Waals surface area contributed by atoms with Gasteiger partial charge in [-0.05, 0) is 30.3 Å². The second-order valence-electron chi connectivity index (χ2n) is 6.68. The van der Waals surface area contributed by atoms with Crippen molar-refractivity contribution in [3.63, 3.8) is 0 Å². The molecular weight excluding hydrogens is 454 g/mol. The fraction of sp³-hybridized carbons (Fsp3) is 0.0909. The lowest BCUT2D eigenvalue weighted by molar-refractivity contribution is -0.305. The van der Waals surface area contributed by atoms with Crippen molar-refractivity contribution < 1.29 is 14.7 Å². The van der Waals surface area contributed by atoms with Crippen LogP contribution in [0.2, 0.25) is 5.02 Å². The van der Waals surface area contributed by atoms with Gasteiger partial charge in [0.25, 0.3) is 5.91 Å². The Hall–Kier alpha value is -2.94. The molecule has 0 atom stereocenters. The topological polar surface area (TPSA) is 78.3 Å². The standard InChI is InChI=1S/C22H16ClN3O3S2/c23-16-8-6-14(7-9-16)20-15(13-26(24-20)17-4-2-1-3-5-17)12-18-21(29)25(22(30)31-18)11-10-19(27)28/h1-9,12-13H,10-11H2,(H,27,28)/p-1/b18-12-. The summed E-state index contributed by atoms with van der Waals surface area (Å²) in [7, 11) is 0. The first-order chi connectivity index (χ1) is 14.9. The van der Waals surface area contributed by atoms with Gasteiger partial charge in [-0.3, -0.25) is 9.69 Å². The van der Waals surface area contributed by atoms with Gasteiger partial charge in [0, 0.05) is 41.3 Å². The average Bonchev–Trinajstić information content (AvgIpc) is 3.29. The first-order valence-electron chi connectivity index (χ1n) is 9.28. The van der Waals surface area contributed by atoms with Gasteiger partial charge in [0.1, 0.15) is 4.32 Å². The smallest absolute Gasteiger partial charge is 0.266 e. The van der Waals surface area contributed by atoms with Crippen molar-refractivity contribution in [2.24, 2.45) is 0 Å². The van der Waals surface area contributed by atoms with Gasteiger partial charge in [-0.15, -0.1) is 0 Å². The van der Waals surface area contributed by atoms with Crippen LogP contribution in [0.4, 0.5) is 0 Å². The summed E-state index contributed by atoms with van der Waals surface area (Å²) in [5.74, 6) is -1.56. The minimum absolute atomic E-state index is 0.0162. The normalized spacial score (nSPS) is 15.1. The van der Waals surface area contributed by atoms with Crippen LogP contribution in [0, 0.1) is 0 Å². The molecular formula is C22H15ClN3O3S2-. The summed E-state index contributed by atoms with van der Waals surface area (Å²) in [6.07, 6.45) is 3.30. The number of aliphatic carboxylic acids is 1. The zero-order valence-corrected chi connectivity index (χ0v) is 18.4. The Morgan fingerprint density at radius 3 is 2.55 bits per heavy atom. The largest absolute Gasteiger partial charge is 0.550 e. The number of aromatic nitrogens is 2. The molecule has 4 rings (SSSR count). The van der Waals surface area contributed by atoms with E-state index in [0.29, 0.717) is 19.9 Å². The number of carbonyl (C=O) groups excluding carboxylic acids is 2. The highest BCUT2D eigenvalue weighted by Gasteiger charge is 2.32. The molecule has 6 nitrogen and oxygen atoms in total. The first kappa shape index (κ1) is 21.3. The number of rotatable bonds is 6. The fourth-order valence-electron chi connectivity index (χ4n) is 3.08. The zero-order valence-electron chi connectivity index (χ0n) is 16.0. The number of thioether (sulfide) groups is 1. The maximum Gasteiger partial charge on any atom is 0.266 e. The van der Waals surface area contributed by atoms with Crippen molar-refractivity contribution in [1.82, 2.24) is 14.7 Å². The molecule has 0 radical (unpaired) electrons. The van der Waals surface area contributed by atoms with Crippen LogP contribution in [0.25, 0.3) is 23.0 Å². The Morgan fingerprint density at radius 1 is 1.16 bits per heavy atom. The van der Waals surface area contributed by atoms with E-state index in [2.05, 4.69) is 0 Å². The van der Waals surface area contributed by atoms with Crippen molar-refractivity contribution in [2.75, 3.05) is 6.54 Å². The monoisotopic (exact) mass is 468 g/mol. The van der Waals surface area contributed by atoms with Crippen molar-refractivity contribution in [1.29, 1.82) is 0 Å². The number of hydrogen-bond acceptors (Lipinski definition) is 6. The van der Waals surface area contributed by atoms with Crippen LogP contribution in [0.5, 0.6) is 0 Å². The van der Waals surface area contributed by atoms with E-state index in [-0.39, 0.29) is 18.9 Å². The molecule has 0 N–H and O–H groups in total. The van der Waals surface area contributed by atoms with E-state index in [1.165, 1.54) is 4.90 Å². The lowest BCUT2D eigenvalue weighted by Gasteiger charge is -2.14. The Kier molecular flexibility index (Phi) is 6.22. The molecule has 31 heavy (non-hydrogen) atoms. The zero-order chi connectivity index (χ0) is 22.0. The van der Waals surface area contributed by atoms with Crippen molar-refractivity contribution in [3.8, 4) is 16.9 Å². The van der Waals surface area contributed by atoms with Gasteiger partial charge >= 0.3 is 0 Å². The molecule has 1 aliphatic heterocycles. The molecule has 2 aromatic carbocycles. The van der Waals surface area contributed by atoms with E-state index in [0.717, 1.165) is 28.6 Å². The molecule has 0 aliphatic carbocycles. The second-order valence-corrected chi connectivity index (χ2v) is 8.79. The minimum Gasteiger partial charge on any atom is -0.550 e. The lowest BCUT2D eigenvalue weighted by Crippen LogP contribution is -2.33. The number of benzene rings is 2.